The topological polar surface area (TPSA) is 67.6 Å². The maximum absolute atomic E-state index is 12.5. The standard InChI is InChI=1S/C22H36N4O4/c1-15-16(28-20-19(15)29-21(2,3)30-20)14-25-11-8-22(4,9-12-25)24-13-18(27)26-10-6-7-17(26)23-5/h15-17,19-20,24H,6-14H2,1-4H3/t15-,16+,17-,19+,20+/m0/s1. The summed E-state index contributed by atoms with van der Waals surface area (Å²) in [5, 5.41) is 3.49. The normalized spacial score (nSPS) is 37.8. The van der Waals surface area contributed by atoms with E-state index in [-0.39, 0.29) is 36.1 Å². The van der Waals surface area contributed by atoms with Gasteiger partial charge in [0.15, 0.2) is 12.1 Å². The van der Waals surface area contributed by atoms with Gasteiger partial charge in [0.25, 0.3) is 0 Å². The van der Waals surface area contributed by atoms with Gasteiger partial charge < -0.3 is 24.4 Å². The van der Waals surface area contributed by atoms with Crippen molar-refractivity contribution in [3.05, 3.63) is 11.4 Å². The highest BCUT2D eigenvalue weighted by Crippen LogP contribution is 2.41. The average Bonchev–Trinajstić information content (AvgIpc) is 3.37. The lowest BCUT2D eigenvalue weighted by Crippen LogP contribution is -2.55. The van der Waals surface area contributed by atoms with Gasteiger partial charge in [-0.3, -0.25) is 14.5 Å². The molecule has 4 aliphatic rings. The molecule has 0 aromatic rings. The van der Waals surface area contributed by atoms with Crippen LogP contribution in [0.3, 0.4) is 0 Å². The van der Waals surface area contributed by atoms with Gasteiger partial charge in [0.1, 0.15) is 6.10 Å². The van der Waals surface area contributed by atoms with E-state index in [0.717, 1.165) is 45.3 Å². The zero-order chi connectivity index (χ0) is 21.5. The van der Waals surface area contributed by atoms with Crippen LogP contribution in [0.4, 0.5) is 0 Å². The Morgan fingerprint density at radius 2 is 1.93 bits per heavy atom. The molecule has 0 spiro atoms. The van der Waals surface area contributed by atoms with E-state index in [4.69, 9.17) is 20.8 Å². The maximum Gasteiger partial charge on any atom is 0.300 e. The van der Waals surface area contributed by atoms with Crippen LogP contribution in [0.2, 0.25) is 0 Å². The highest BCUT2D eigenvalue weighted by atomic mass is 16.8. The molecule has 0 aromatic carbocycles. The fourth-order valence-electron chi connectivity index (χ4n) is 5.16. The van der Waals surface area contributed by atoms with Gasteiger partial charge in [0.05, 0.1) is 12.6 Å². The summed E-state index contributed by atoms with van der Waals surface area (Å²) < 4.78 is 18.1. The molecule has 8 heteroatoms. The number of rotatable bonds is 5. The molecule has 4 heterocycles. The van der Waals surface area contributed by atoms with Gasteiger partial charge >= 0.3 is 6.17 Å². The Morgan fingerprint density at radius 1 is 1.20 bits per heavy atom. The monoisotopic (exact) mass is 420 g/mol. The van der Waals surface area contributed by atoms with Crippen LogP contribution < -0.4 is 5.32 Å². The first kappa shape index (κ1) is 22.0. The Kier molecular flexibility index (Phi) is 6.12. The smallest absolute Gasteiger partial charge is 0.300 e. The first-order chi connectivity index (χ1) is 14.2. The fourth-order valence-corrected chi connectivity index (χ4v) is 5.16. The molecule has 4 rings (SSSR count). The SMILES string of the molecule is [C-]#[N+][C@@H]1CCCN1C(=O)CNC1(C)CCN(C[C@H]2O[C@@H]3OC(C)(C)O[C@@H]3[C@H]2C)CC1. The van der Waals surface area contributed by atoms with Crippen molar-refractivity contribution < 1.29 is 19.0 Å². The molecular formula is C22H36N4O4. The number of hydrogen-bond acceptors (Lipinski definition) is 6. The summed E-state index contributed by atoms with van der Waals surface area (Å²) in [6, 6.07) is 0. The quantitative estimate of drug-likeness (QED) is 0.685. The van der Waals surface area contributed by atoms with Gasteiger partial charge in [-0.25, -0.2) is 6.57 Å². The minimum Gasteiger partial charge on any atom is -0.345 e. The predicted octanol–water partition coefficient (Wildman–Crippen LogP) is 1.81. The third-order valence-corrected chi connectivity index (χ3v) is 7.26. The Morgan fingerprint density at radius 3 is 2.60 bits per heavy atom. The molecule has 1 amide bonds. The van der Waals surface area contributed by atoms with Gasteiger partial charge in [0, 0.05) is 31.0 Å². The van der Waals surface area contributed by atoms with Crippen LogP contribution in [0.5, 0.6) is 0 Å². The molecule has 1 N–H and O–H groups in total. The summed E-state index contributed by atoms with van der Waals surface area (Å²) in [6.45, 7) is 19.4. The van der Waals surface area contributed by atoms with Crippen LogP contribution in [0.25, 0.3) is 4.85 Å². The largest absolute Gasteiger partial charge is 0.345 e. The number of ether oxygens (including phenoxy) is 3. The van der Waals surface area contributed by atoms with Gasteiger partial charge in [-0.05, 0) is 53.1 Å². The Labute approximate surface area is 180 Å². The second-order valence-corrected chi connectivity index (χ2v) is 10.1. The highest BCUT2D eigenvalue weighted by Gasteiger charge is 2.53. The fraction of sp³-hybridized carbons (Fsp3) is 0.909. The minimum absolute atomic E-state index is 0.0117. The molecule has 30 heavy (non-hydrogen) atoms. The Bertz CT molecular complexity index is 685. The number of fused-ring (bicyclic) bond motifs is 1. The van der Waals surface area contributed by atoms with Crippen LogP contribution in [-0.2, 0) is 19.0 Å². The third-order valence-electron chi connectivity index (χ3n) is 7.26. The van der Waals surface area contributed by atoms with Crippen molar-refractivity contribution in [3.63, 3.8) is 0 Å². The van der Waals surface area contributed by atoms with Crippen molar-refractivity contribution >= 4 is 5.91 Å². The maximum atomic E-state index is 12.5. The zero-order valence-corrected chi connectivity index (χ0v) is 18.7. The molecule has 4 saturated heterocycles. The van der Waals surface area contributed by atoms with Crippen LogP contribution in [0, 0.1) is 12.5 Å². The number of nitrogens with zero attached hydrogens (tertiary/aromatic N) is 3. The summed E-state index contributed by atoms with van der Waals surface area (Å²) in [5.74, 6) is -0.203. The summed E-state index contributed by atoms with van der Waals surface area (Å²) in [6.07, 6.45) is 3.32. The van der Waals surface area contributed by atoms with Crippen molar-refractivity contribution in [2.24, 2.45) is 5.92 Å². The van der Waals surface area contributed by atoms with Gasteiger partial charge in [0.2, 0.25) is 5.91 Å². The number of carbonyl (C=O) groups excluding carboxylic acids is 1. The molecule has 4 fully saturated rings. The molecule has 0 bridgehead atoms. The lowest BCUT2D eigenvalue weighted by molar-refractivity contribution is -0.211. The number of nitrogens with one attached hydrogen (secondary N) is 1. The van der Waals surface area contributed by atoms with Crippen LogP contribution >= 0.6 is 0 Å². The van der Waals surface area contributed by atoms with Crippen molar-refractivity contribution in [2.45, 2.75) is 89.4 Å². The molecule has 0 saturated carbocycles. The number of piperidine rings is 1. The predicted molar refractivity (Wildman–Crippen MR) is 111 cm³/mol. The molecule has 0 aromatic heterocycles. The van der Waals surface area contributed by atoms with Crippen LogP contribution in [-0.4, -0.2) is 84.4 Å². The van der Waals surface area contributed by atoms with E-state index in [9.17, 15) is 4.79 Å². The van der Waals surface area contributed by atoms with Crippen molar-refractivity contribution in [3.8, 4) is 0 Å². The number of carbonyl (C=O) groups is 1. The zero-order valence-electron chi connectivity index (χ0n) is 18.7. The van der Waals surface area contributed by atoms with E-state index >= 15 is 0 Å². The molecule has 4 aliphatic heterocycles. The number of likely N-dealkylation sites (tertiary alicyclic amines) is 2. The summed E-state index contributed by atoms with van der Waals surface area (Å²) in [5.41, 5.74) is -0.0472. The van der Waals surface area contributed by atoms with Crippen molar-refractivity contribution in [2.75, 3.05) is 32.7 Å². The van der Waals surface area contributed by atoms with Crippen LogP contribution in [0.1, 0.15) is 53.4 Å². The number of hydrogen-bond donors (Lipinski definition) is 1. The van der Waals surface area contributed by atoms with E-state index in [1.807, 2.05) is 13.8 Å². The first-order valence-corrected chi connectivity index (χ1v) is 11.3. The molecule has 0 aliphatic carbocycles. The second-order valence-electron chi connectivity index (χ2n) is 10.1. The van der Waals surface area contributed by atoms with E-state index in [1.54, 1.807) is 4.90 Å². The lowest BCUT2D eigenvalue weighted by atomic mass is 9.89. The van der Waals surface area contributed by atoms with Crippen LogP contribution in [0.15, 0.2) is 0 Å². The molecule has 8 nitrogen and oxygen atoms in total. The Hall–Kier alpha value is -1.24. The molecule has 0 radical (unpaired) electrons. The highest BCUT2D eigenvalue weighted by molar-refractivity contribution is 5.79. The van der Waals surface area contributed by atoms with E-state index in [1.165, 1.54) is 0 Å². The van der Waals surface area contributed by atoms with E-state index in [2.05, 4.69) is 28.9 Å². The Balaban J connectivity index is 1.21. The van der Waals surface area contributed by atoms with E-state index < -0.39 is 5.79 Å². The van der Waals surface area contributed by atoms with Crippen molar-refractivity contribution in [1.29, 1.82) is 0 Å². The van der Waals surface area contributed by atoms with Gasteiger partial charge in [-0.15, -0.1) is 0 Å². The summed E-state index contributed by atoms with van der Waals surface area (Å²) in [4.78, 5) is 20.3. The first-order valence-electron chi connectivity index (χ1n) is 11.3. The second kappa shape index (κ2) is 8.36. The molecular weight excluding hydrogens is 384 g/mol. The minimum atomic E-state index is -0.561. The van der Waals surface area contributed by atoms with Gasteiger partial charge in [-0.2, -0.15) is 0 Å². The van der Waals surface area contributed by atoms with E-state index in [0.29, 0.717) is 19.0 Å². The van der Waals surface area contributed by atoms with Gasteiger partial charge in [-0.1, -0.05) is 6.92 Å². The molecule has 168 valence electrons. The molecule has 0 unspecified atom stereocenters. The lowest BCUT2D eigenvalue weighted by Gasteiger charge is -2.41. The summed E-state index contributed by atoms with van der Waals surface area (Å²) >= 11 is 0. The summed E-state index contributed by atoms with van der Waals surface area (Å²) in [7, 11) is 0. The number of amides is 1. The molecule has 5 atom stereocenters. The average molecular weight is 421 g/mol. The third kappa shape index (κ3) is 4.51. The van der Waals surface area contributed by atoms with Crippen molar-refractivity contribution in [1.82, 2.24) is 15.1 Å².